The number of hydrogen-bond donors (Lipinski definition) is 1. The normalized spacial score (nSPS) is 11.3. The Bertz CT molecular complexity index is 941. The standard InChI is InChI=1S/C18H14FN3O3S/c1-11(7-20)5-13(17-22-10-16(26-17)18(23)24)9-21-8-12-6-14(25-2)3-4-15(12)19/h3-6,9-10H,1,8H2,2H3,(H,23,24)/b13-5+,21-9?. The van der Waals surface area contributed by atoms with E-state index in [1.807, 2.05) is 6.07 Å². The largest absolute Gasteiger partial charge is 0.497 e. The zero-order valence-corrected chi connectivity index (χ0v) is 14.6. The minimum atomic E-state index is -1.09. The molecule has 0 atom stereocenters. The van der Waals surface area contributed by atoms with E-state index in [-0.39, 0.29) is 17.0 Å². The predicted molar refractivity (Wildman–Crippen MR) is 97.0 cm³/mol. The Balaban J connectivity index is 2.28. The van der Waals surface area contributed by atoms with Crippen LogP contribution in [-0.4, -0.2) is 29.4 Å². The lowest BCUT2D eigenvalue weighted by molar-refractivity contribution is 0.0702. The Morgan fingerprint density at radius 1 is 1.58 bits per heavy atom. The van der Waals surface area contributed by atoms with Gasteiger partial charge in [0.15, 0.2) is 0 Å². The molecule has 0 saturated carbocycles. The molecular weight excluding hydrogens is 357 g/mol. The summed E-state index contributed by atoms with van der Waals surface area (Å²) in [4.78, 5) is 19.3. The Kier molecular flexibility index (Phi) is 6.36. The number of aromatic carboxylic acids is 1. The summed E-state index contributed by atoms with van der Waals surface area (Å²) in [5.74, 6) is -1.00. The molecule has 0 spiro atoms. The lowest BCUT2D eigenvalue weighted by atomic mass is 10.2. The van der Waals surface area contributed by atoms with Crippen molar-refractivity contribution >= 4 is 29.1 Å². The van der Waals surface area contributed by atoms with Crippen LogP contribution < -0.4 is 4.74 Å². The van der Waals surface area contributed by atoms with Gasteiger partial charge in [-0.15, -0.1) is 11.3 Å². The van der Waals surface area contributed by atoms with Crippen molar-refractivity contribution in [1.29, 1.82) is 5.26 Å². The van der Waals surface area contributed by atoms with Gasteiger partial charge in [-0.2, -0.15) is 5.26 Å². The van der Waals surface area contributed by atoms with Gasteiger partial charge in [0.1, 0.15) is 21.5 Å². The second-order valence-corrected chi connectivity index (χ2v) is 6.03. The third kappa shape index (κ3) is 4.84. The van der Waals surface area contributed by atoms with Gasteiger partial charge in [-0.25, -0.2) is 14.2 Å². The zero-order chi connectivity index (χ0) is 19.1. The number of nitriles is 1. The van der Waals surface area contributed by atoms with Gasteiger partial charge in [0.25, 0.3) is 0 Å². The Morgan fingerprint density at radius 2 is 2.35 bits per heavy atom. The van der Waals surface area contributed by atoms with E-state index < -0.39 is 11.8 Å². The Hall–Kier alpha value is -3.31. The van der Waals surface area contributed by atoms with Crippen LogP contribution in [0.3, 0.4) is 0 Å². The maximum Gasteiger partial charge on any atom is 0.347 e. The molecular formula is C18H14FN3O3S. The first-order valence-corrected chi connectivity index (χ1v) is 8.08. The number of rotatable bonds is 7. The van der Waals surface area contributed by atoms with E-state index in [0.29, 0.717) is 21.9 Å². The molecule has 0 bridgehead atoms. The Morgan fingerprint density at radius 3 is 2.96 bits per heavy atom. The summed E-state index contributed by atoms with van der Waals surface area (Å²) in [6.45, 7) is 3.61. The average Bonchev–Trinajstić information content (AvgIpc) is 3.12. The molecule has 0 fully saturated rings. The number of nitrogens with zero attached hydrogens (tertiary/aromatic N) is 3. The molecule has 1 N–H and O–H groups in total. The van der Waals surface area contributed by atoms with Crippen LogP contribution in [-0.2, 0) is 6.54 Å². The maximum atomic E-state index is 13.8. The number of thiazole rings is 1. The second-order valence-electron chi connectivity index (χ2n) is 5.00. The Labute approximate surface area is 153 Å². The van der Waals surface area contributed by atoms with E-state index in [1.54, 1.807) is 0 Å². The minimum absolute atomic E-state index is 0.0383. The fourth-order valence-corrected chi connectivity index (χ4v) is 2.66. The predicted octanol–water partition coefficient (Wildman–Crippen LogP) is 3.72. The summed E-state index contributed by atoms with van der Waals surface area (Å²) in [6.07, 6.45) is 4.07. The highest BCUT2D eigenvalue weighted by atomic mass is 32.1. The van der Waals surface area contributed by atoms with E-state index in [4.69, 9.17) is 15.1 Å². The quantitative estimate of drug-likeness (QED) is 0.455. The number of allylic oxidation sites excluding steroid dienone is 3. The number of benzene rings is 1. The van der Waals surface area contributed by atoms with E-state index in [2.05, 4.69) is 16.6 Å². The molecule has 0 saturated heterocycles. The van der Waals surface area contributed by atoms with Gasteiger partial charge in [0, 0.05) is 22.9 Å². The first kappa shape index (κ1) is 19.0. The first-order valence-electron chi connectivity index (χ1n) is 7.27. The monoisotopic (exact) mass is 371 g/mol. The van der Waals surface area contributed by atoms with Crippen molar-refractivity contribution in [3.05, 3.63) is 63.9 Å². The molecule has 8 heteroatoms. The van der Waals surface area contributed by atoms with Crippen molar-refractivity contribution in [2.45, 2.75) is 6.54 Å². The molecule has 0 unspecified atom stereocenters. The van der Waals surface area contributed by atoms with Crippen molar-refractivity contribution in [3.8, 4) is 11.8 Å². The lowest BCUT2D eigenvalue weighted by Crippen LogP contribution is -1.93. The fourth-order valence-electron chi connectivity index (χ4n) is 1.92. The molecule has 1 aromatic carbocycles. The van der Waals surface area contributed by atoms with Gasteiger partial charge in [-0.05, 0) is 24.3 Å². The molecule has 0 aliphatic carbocycles. The average molecular weight is 371 g/mol. The van der Waals surface area contributed by atoms with Crippen LogP contribution in [0.4, 0.5) is 4.39 Å². The molecule has 0 amide bonds. The van der Waals surface area contributed by atoms with E-state index in [1.165, 1.54) is 43.8 Å². The van der Waals surface area contributed by atoms with E-state index in [9.17, 15) is 9.18 Å². The molecule has 26 heavy (non-hydrogen) atoms. The summed E-state index contributed by atoms with van der Waals surface area (Å²) in [7, 11) is 1.48. The second kappa shape index (κ2) is 8.69. The summed E-state index contributed by atoms with van der Waals surface area (Å²) in [6, 6.07) is 6.21. The number of ether oxygens (including phenoxy) is 1. The van der Waals surface area contributed by atoms with Gasteiger partial charge in [0.2, 0.25) is 0 Å². The molecule has 6 nitrogen and oxygen atoms in total. The van der Waals surface area contributed by atoms with Gasteiger partial charge < -0.3 is 9.84 Å². The van der Waals surface area contributed by atoms with Crippen molar-refractivity contribution in [2.24, 2.45) is 4.99 Å². The number of aromatic nitrogens is 1. The number of halogens is 1. The first-order chi connectivity index (χ1) is 12.4. The summed E-state index contributed by atoms with van der Waals surface area (Å²) < 4.78 is 18.9. The van der Waals surface area contributed by atoms with Crippen LogP contribution in [0.5, 0.6) is 5.75 Å². The molecule has 0 aliphatic rings. The van der Waals surface area contributed by atoms with Crippen LogP contribution in [0.25, 0.3) is 5.57 Å². The number of aliphatic imine (C=N–C) groups is 1. The third-order valence-corrected chi connectivity index (χ3v) is 4.22. The number of methoxy groups -OCH3 is 1. The van der Waals surface area contributed by atoms with Crippen molar-refractivity contribution < 1.29 is 19.0 Å². The molecule has 0 radical (unpaired) electrons. The number of carbonyl (C=O) groups is 1. The number of carboxylic acids is 1. The molecule has 1 heterocycles. The molecule has 2 aromatic rings. The van der Waals surface area contributed by atoms with Crippen molar-refractivity contribution in [1.82, 2.24) is 4.98 Å². The number of hydrogen-bond acceptors (Lipinski definition) is 6. The minimum Gasteiger partial charge on any atom is -0.497 e. The highest BCUT2D eigenvalue weighted by Crippen LogP contribution is 2.22. The lowest BCUT2D eigenvalue weighted by Gasteiger charge is -2.04. The van der Waals surface area contributed by atoms with Crippen molar-refractivity contribution in [2.75, 3.05) is 7.11 Å². The van der Waals surface area contributed by atoms with Crippen LogP contribution in [0.15, 0.2) is 47.6 Å². The SMILES string of the molecule is C=C(C#N)/C=C(\C=NCc1cc(OC)ccc1F)c1ncc(C(=O)O)s1. The van der Waals surface area contributed by atoms with Crippen LogP contribution >= 0.6 is 11.3 Å². The molecule has 2 rings (SSSR count). The molecule has 132 valence electrons. The zero-order valence-electron chi connectivity index (χ0n) is 13.8. The van der Waals surface area contributed by atoms with Gasteiger partial charge in [-0.3, -0.25) is 4.99 Å². The molecule has 1 aromatic heterocycles. The topological polar surface area (TPSA) is 95.6 Å². The maximum absolute atomic E-state index is 13.8. The van der Waals surface area contributed by atoms with Crippen LogP contribution in [0.1, 0.15) is 20.2 Å². The highest BCUT2D eigenvalue weighted by molar-refractivity contribution is 7.14. The van der Waals surface area contributed by atoms with Gasteiger partial charge in [0.05, 0.1) is 25.9 Å². The third-order valence-electron chi connectivity index (χ3n) is 3.18. The number of carboxylic acid groups (broad SMARTS) is 1. The van der Waals surface area contributed by atoms with Crippen molar-refractivity contribution in [3.63, 3.8) is 0 Å². The molecule has 0 aliphatic heterocycles. The smallest absolute Gasteiger partial charge is 0.347 e. The summed E-state index contributed by atoms with van der Waals surface area (Å²) in [5.41, 5.74) is 0.910. The van der Waals surface area contributed by atoms with Gasteiger partial charge >= 0.3 is 5.97 Å². The van der Waals surface area contributed by atoms with Crippen LogP contribution in [0.2, 0.25) is 0 Å². The van der Waals surface area contributed by atoms with E-state index in [0.717, 1.165) is 11.3 Å². The summed E-state index contributed by atoms with van der Waals surface area (Å²) >= 11 is 0.942. The van der Waals surface area contributed by atoms with Crippen LogP contribution in [0, 0.1) is 17.1 Å². The fraction of sp³-hybridized carbons (Fsp3) is 0.111. The summed E-state index contributed by atoms with van der Waals surface area (Å²) in [5, 5.41) is 18.3. The van der Waals surface area contributed by atoms with E-state index >= 15 is 0 Å². The van der Waals surface area contributed by atoms with Gasteiger partial charge in [-0.1, -0.05) is 6.58 Å². The highest BCUT2D eigenvalue weighted by Gasteiger charge is 2.11.